The van der Waals surface area contributed by atoms with E-state index in [-0.39, 0.29) is 6.04 Å². The SMILES string of the molecule is CCc1ccc(C2=NN(c3nc(-c4ccccc4)c4cc(Cl)ccc4n3)[C@@H](c3ccco3)C2)cc1. The van der Waals surface area contributed by atoms with Crippen molar-refractivity contribution in [3.8, 4) is 11.3 Å². The van der Waals surface area contributed by atoms with Gasteiger partial charge in [0, 0.05) is 22.4 Å². The number of benzene rings is 3. The van der Waals surface area contributed by atoms with Crippen molar-refractivity contribution < 1.29 is 4.42 Å². The van der Waals surface area contributed by atoms with Crippen molar-refractivity contribution in [1.82, 2.24) is 9.97 Å². The minimum atomic E-state index is -0.140. The second kappa shape index (κ2) is 9.01. The second-order valence-electron chi connectivity index (χ2n) is 8.58. The van der Waals surface area contributed by atoms with Crippen molar-refractivity contribution in [2.75, 3.05) is 5.01 Å². The van der Waals surface area contributed by atoms with Crippen LogP contribution in [0.3, 0.4) is 0 Å². The van der Waals surface area contributed by atoms with Crippen molar-refractivity contribution in [2.45, 2.75) is 25.8 Å². The van der Waals surface area contributed by atoms with Gasteiger partial charge in [0.1, 0.15) is 11.8 Å². The number of hydrogen-bond donors (Lipinski definition) is 0. The first-order valence-electron chi connectivity index (χ1n) is 11.7. The number of rotatable bonds is 5. The number of fused-ring (bicyclic) bond motifs is 1. The summed E-state index contributed by atoms with van der Waals surface area (Å²) < 4.78 is 5.82. The summed E-state index contributed by atoms with van der Waals surface area (Å²) in [5.74, 6) is 1.36. The molecule has 0 N–H and O–H groups in total. The zero-order valence-electron chi connectivity index (χ0n) is 19.2. The minimum Gasteiger partial charge on any atom is -0.467 e. The number of furan rings is 1. The van der Waals surface area contributed by atoms with E-state index in [4.69, 9.17) is 31.1 Å². The number of aromatic nitrogens is 2. The minimum absolute atomic E-state index is 0.140. The van der Waals surface area contributed by atoms with Crippen LogP contribution in [0, 0.1) is 0 Å². The van der Waals surface area contributed by atoms with Gasteiger partial charge in [0.2, 0.25) is 5.95 Å². The first-order chi connectivity index (χ1) is 17.2. The third-order valence-electron chi connectivity index (χ3n) is 6.38. The standard InChI is InChI=1S/C29H23ClN4O/c1-2-19-10-12-20(13-11-19)25-18-26(27-9-6-16-35-27)34(33-25)29-31-24-15-14-22(30)17-23(24)28(32-29)21-7-4-3-5-8-21/h3-17,26H,2,18H2,1H3/t26-/m1/s1. The Bertz CT molecular complexity index is 1510. The lowest BCUT2D eigenvalue weighted by Crippen LogP contribution is -2.20. The summed E-state index contributed by atoms with van der Waals surface area (Å²) in [6, 6.07) is 28.1. The van der Waals surface area contributed by atoms with Gasteiger partial charge >= 0.3 is 0 Å². The normalized spacial score (nSPS) is 15.5. The number of nitrogens with zero attached hydrogens (tertiary/aromatic N) is 4. The second-order valence-corrected chi connectivity index (χ2v) is 9.01. The third kappa shape index (κ3) is 4.08. The predicted molar refractivity (Wildman–Crippen MR) is 141 cm³/mol. The number of hydrogen-bond acceptors (Lipinski definition) is 5. The monoisotopic (exact) mass is 478 g/mol. The summed E-state index contributed by atoms with van der Waals surface area (Å²) in [5, 5.41) is 8.46. The van der Waals surface area contributed by atoms with E-state index in [1.165, 1.54) is 5.56 Å². The topological polar surface area (TPSA) is 54.5 Å². The van der Waals surface area contributed by atoms with Crippen LogP contribution >= 0.6 is 11.6 Å². The quantitative estimate of drug-likeness (QED) is 0.263. The van der Waals surface area contributed by atoms with Gasteiger partial charge in [0.25, 0.3) is 0 Å². The van der Waals surface area contributed by atoms with Gasteiger partial charge in [0.05, 0.1) is 23.2 Å². The van der Waals surface area contributed by atoms with Crippen LogP contribution in [0.15, 0.2) is 101 Å². The molecule has 0 radical (unpaired) electrons. The molecule has 3 aromatic carbocycles. The number of aryl methyl sites for hydroxylation is 1. The van der Waals surface area contributed by atoms with Gasteiger partial charge in [-0.05, 0) is 47.9 Å². The van der Waals surface area contributed by atoms with Crippen LogP contribution in [0.25, 0.3) is 22.2 Å². The first-order valence-corrected chi connectivity index (χ1v) is 12.1. The molecule has 3 heterocycles. The van der Waals surface area contributed by atoms with Crippen LogP contribution in [-0.2, 0) is 6.42 Å². The maximum absolute atomic E-state index is 6.34. The Morgan fingerprint density at radius 1 is 0.914 bits per heavy atom. The Labute approximate surface area is 208 Å². The van der Waals surface area contributed by atoms with Gasteiger partial charge in [-0.25, -0.2) is 15.0 Å². The van der Waals surface area contributed by atoms with Gasteiger partial charge < -0.3 is 4.42 Å². The van der Waals surface area contributed by atoms with E-state index < -0.39 is 0 Å². The number of anilines is 1. The van der Waals surface area contributed by atoms with Gasteiger partial charge in [-0.2, -0.15) is 5.10 Å². The molecule has 6 rings (SSSR count). The van der Waals surface area contributed by atoms with Gasteiger partial charge in [0.15, 0.2) is 0 Å². The summed E-state index contributed by atoms with van der Waals surface area (Å²) in [6.45, 7) is 2.16. The number of halogens is 1. The molecule has 2 aromatic heterocycles. The molecule has 35 heavy (non-hydrogen) atoms. The highest BCUT2D eigenvalue weighted by Crippen LogP contribution is 2.38. The summed E-state index contributed by atoms with van der Waals surface area (Å²) in [5.41, 5.74) is 6.01. The van der Waals surface area contributed by atoms with E-state index in [0.29, 0.717) is 17.4 Å². The molecule has 0 unspecified atom stereocenters. The molecular formula is C29H23ClN4O. The van der Waals surface area contributed by atoms with Crippen LogP contribution in [-0.4, -0.2) is 15.7 Å². The largest absolute Gasteiger partial charge is 0.467 e. The van der Waals surface area contributed by atoms with Crippen molar-refractivity contribution in [2.24, 2.45) is 5.10 Å². The molecule has 1 atom stereocenters. The third-order valence-corrected chi connectivity index (χ3v) is 6.61. The Morgan fingerprint density at radius 3 is 2.49 bits per heavy atom. The molecular weight excluding hydrogens is 456 g/mol. The molecule has 0 spiro atoms. The fourth-order valence-corrected chi connectivity index (χ4v) is 4.68. The first kappa shape index (κ1) is 21.6. The lowest BCUT2D eigenvalue weighted by Gasteiger charge is -2.21. The average Bonchev–Trinajstić information content (AvgIpc) is 3.59. The van der Waals surface area contributed by atoms with Crippen LogP contribution in [0.1, 0.15) is 36.3 Å². The van der Waals surface area contributed by atoms with Gasteiger partial charge in [-0.15, -0.1) is 0 Å². The highest BCUT2D eigenvalue weighted by molar-refractivity contribution is 6.31. The summed E-state index contributed by atoms with van der Waals surface area (Å²) >= 11 is 6.34. The summed E-state index contributed by atoms with van der Waals surface area (Å²) in [4.78, 5) is 9.92. The highest BCUT2D eigenvalue weighted by Gasteiger charge is 2.34. The van der Waals surface area contributed by atoms with Crippen LogP contribution in [0.2, 0.25) is 5.02 Å². The maximum Gasteiger partial charge on any atom is 0.248 e. The molecule has 1 aliphatic heterocycles. The molecule has 0 saturated carbocycles. The van der Waals surface area contributed by atoms with Crippen LogP contribution in [0.5, 0.6) is 0 Å². The molecule has 0 aliphatic carbocycles. The zero-order valence-corrected chi connectivity index (χ0v) is 20.0. The summed E-state index contributed by atoms with van der Waals surface area (Å²) in [7, 11) is 0. The van der Waals surface area contributed by atoms with Crippen LogP contribution in [0.4, 0.5) is 5.95 Å². The Morgan fingerprint density at radius 2 is 1.74 bits per heavy atom. The van der Waals surface area contributed by atoms with E-state index in [2.05, 4.69) is 31.2 Å². The lowest BCUT2D eigenvalue weighted by molar-refractivity contribution is 0.463. The molecule has 1 aliphatic rings. The maximum atomic E-state index is 6.34. The van der Waals surface area contributed by atoms with Gasteiger partial charge in [-0.1, -0.05) is 73.1 Å². The molecule has 6 heteroatoms. The van der Waals surface area contributed by atoms with E-state index in [1.54, 1.807) is 6.26 Å². The van der Waals surface area contributed by atoms with E-state index >= 15 is 0 Å². The van der Waals surface area contributed by atoms with Crippen molar-refractivity contribution in [3.05, 3.63) is 113 Å². The van der Waals surface area contributed by atoms with Crippen molar-refractivity contribution >= 4 is 34.2 Å². The van der Waals surface area contributed by atoms with Crippen molar-refractivity contribution in [3.63, 3.8) is 0 Å². The Balaban J connectivity index is 1.51. The van der Waals surface area contributed by atoms with Gasteiger partial charge in [-0.3, -0.25) is 0 Å². The fraction of sp³-hybridized carbons (Fsp3) is 0.138. The predicted octanol–water partition coefficient (Wildman–Crippen LogP) is 7.46. The zero-order chi connectivity index (χ0) is 23.8. The Hall–Kier alpha value is -3.96. The average molecular weight is 479 g/mol. The molecule has 0 amide bonds. The van der Waals surface area contributed by atoms with E-state index in [0.717, 1.165) is 45.6 Å². The molecule has 0 saturated heterocycles. The fourth-order valence-electron chi connectivity index (χ4n) is 4.51. The lowest BCUT2D eigenvalue weighted by atomic mass is 10.0. The van der Waals surface area contributed by atoms with E-state index in [9.17, 15) is 0 Å². The van der Waals surface area contributed by atoms with E-state index in [1.807, 2.05) is 65.7 Å². The molecule has 0 bridgehead atoms. The van der Waals surface area contributed by atoms with Crippen molar-refractivity contribution in [1.29, 1.82) is 0 Å². The molecule has 0 fully saturated rings. The smallest absolute Gasteiger partial charge is 0.248 e. The molecule has 172 valence electrons. The summed E-state index contributed by atoms with van der Waals surface area (Å²) in [6.07, 6.45) is 3.40. The Kier molecular flexibility index (Phi) is 5.55. The highest BCUT2D eigenvalue weighted by atomic mass is 35.5. The van der Waals surface area contributed by atoms with Crippen LogP contribution < -0.4 is 5.01 Å². The number of hydrazone groups is 1. The molecule has 5 nitrogen and oxygen atoms in total. The molecule has 5 aromatic rings.